The number of hydrogen-bond acceptors (Lipinski definition) is 3. The first-order valence-electron chi connectivity index (χ1n) is 11.4. The first-order valence-corrected chi connectivity index (χ1v) is 11.4. The van der Waals surface area contributed by atoms with E-state index < -0.39 is 0 Å². The highest BCUT2D eigenvalue weighted by Crippen LogP contribution is 2.34. The van der Waals surface area contributed by atoms with Gasteiger partial charge < -0.3 is 4.74 Å². The normalized spacial score (nSPS) is 19.3. The molecule has 0 N–H and O–H groups in total. The predicted octanol–water partition coefficient (Wildman–Crippen LogP) is 7.00. The molecule has 0 bridgehead atoms. The summed E-state index contributed by atoms with van der Waals surface area (Å²) in [5, 5.41) is 8.30. The fourth-order valence-electron chi connectivity index (χ4n) is 4.36. The highest BCUT2D eigenvalue weighted by atomic mass is 19.1. The van der Waals surface area contributed by atoms with E-state index in [-0.39, 0.29) is 5.82 Å². The molecule has 1 aromatic carbocycles. The Bertz CT molecular complexity index is 739. The van der Waals surface area contributed by atoms with Gasteiger partial charge in [0.15, 0.2) is 0 Å². The summed E-state index contributed by atoms with van der Waals surface area (Å²) < 4.78 is 20.2. The molecule has 4 heteroatoms. The maximum atomic E-state index is 14.7. The van der Waals surface area contributed by atoms with Gasteiger partial charge in [0.05, 0.1) is 12.3 Å². The summed E-state index contributed by atoms with van der Waals surface area (Å²) in [5.74, 6) is 2.07. The van der Waals surface area contributed by atoms with E-state index in [9.17, 15) is 4.39 Å². The molecular formula is C25H35FN2O. The molecule has 1 aliphatic carbocycles. The largest absolute Gasteiger partial charge is 0.477 e. The minimum atomic E-state index is -0.132. The molecule has 0 atom stereocenters. The topological polar surface area (TPSA) is 35.0 Å². The van der Waals surface area contributed by atoms with Gasteiger partial charge in [0.1, 0.15) is 5.82 Å². The number of aromatic nitrogens is 2. The van der Waals surface area contributed by atoms with Crippen LogP contribution in [0, 0.1) is 17.7 Å². The molecule has 0 aliphatic heterocycles. The lowest BCUT2D eigenvalue weighted by atomic mass is 9.78. The van der Waals surface area contributed by atoms with Crippen molar-refractivity contribution in [1.82, 2.24) is 10.2 Å². The van der Waals surface area contributed by atoms with Gasteiger partial charge in [-0.1, -0.05) is 70.9 Å². The van der Waals surface area contributed by atoms with Gasteiger partial charge in [0.25, 0.3) is 0 Å². The number of hydrogen-bond donors (Lipinski definition) is 0. The van der Waals surface area contributed by atoms with Crippen LogP contribution in [0.2, 0.25) is 0 Å². The molecule has 0 amide bonds. The van der Waals surface area contributed by atoms with Crippen LogP contribution >= 0.6 is 0 Å². The monoisotopic (exact) mass is 398 g/mol. The van der Waals surface area contributed by atoms with Gasteiger partial charge in [0, 0.05) is 11.6 Å². The van der Waals surface area contributed by atoms with Gasteiger partial charge in [-0.05, 0) is 48.8 Å². The van der Waals surface area contributed by atoms with Gasteiger partial charge in [-0.3, -0.25) is 0 Å². The number of nitrogens with zero attached hydrogens (tertiary/aromatic N) is 2. The fourth-order valence-corrected chi connectivity index (χ4v) is 4.36. The zero-order valence-corrected chi connectivity index (χ0v) is 18.0. The molecule has 1 fully saturated rings. The van der Waals surface area contributed by atoms with E-state index in [1.807, 2.05) is 18.2 Å². The van der Waals surface area contributed by atoms with Crippen LogP contribution < -0.4 is 4.74 Å². The highest BCUT2D eigenvalue weighted by Gasteiger charge is 2.20. The van der Waals surface area contributed by atoms with E-state index in [0.717, 1.165) is 48.6 Å². The Balaban J connectivity index is 1.52. The molecule has 0 saturated heterocycles. The first kappa shape index (κ1) is 21.7. The van der Waals surface area contributed by atoms with Crippen molar-refractivity contribution >= 4 is 0 Å². The predicted molar refractivity (Wildman–Crippen MR) is 117 cm³/mol. The molecule has 1 aliphatic rings. The number of ether oxygens (including phenoxy) is 1. The Morgan fingerprint density at radius 2 is 1.69 bits per heavy atom. The van der Waals surface area contributed by atoms with Crippen molar-refractivity contribution in [1.29, 1.82) is 0 Å². The average Bonchev–Trinajstić information content (AvgIpc) is 2.75. The number of benzene rings is 1. The second-order valence-corrected chi connectivity index (χ2v) is 8.48. The summed E-state index contributed by atoms with van der Waals surface area (Å²) in [4.78, 5) is 0. The van der Waals surface area contributed by atoms with Crippen LogP contribution in [-0.4, -0.2) is 16.8 Å². The third-order valence-electron chi connectivity index (χ3n) is 6.22. The second-order valence-electron chi connectivity index (χ2n) is 8.48. The van der Waals surface area contributed by atoms with E-state index in [1.165, 1.54) is 38.5 Å². The molecule has 1 heterocycles. The molecular weight excluding hydrogens is 363 g/mol. The Morgan fingerprint density at radius 1 is 0.931 bits per heavy atom. The lowest BCUT2D eigenvalue weighted by Gasteiger charge is -2.28. The third-order valence-corrected chi connectivity index (χ3v) is 6.22. The fraction of sp³-hybridized carbons (Fsp3) is 0.600. The molecule has 0 unspecified atom stereocenters. The van der Waals surface area contributed by atoms with Gasteiger partial charge >= 0.3 is 0 Å². The third kappa shape index (κ3) is 6.52. The minimum Gasteiger partial charge on any atom is -0.477 e. The van der Waals surface area contributed by atoms with E-state index in [1.54, 1.807) is 12.1 Å². The zero-order valence-electron chi connectivity index (χ0n) is 18.0. The maximum Gasteiger partial charge on any atom is 0.233 e. The molecule has 1 aromatic heterocycles. The summed E-state index contributed by atoms with van der Waals surface area (Å²) in [6, 6.07) is 9.12. The van der Waals surface area contributed by atoms with Crippen molar-refractivity contribution in [2.45, 2.75) is 78.1 Å². The number of aryl methyl sites for hydroxylation is 1. The van der Waals surface area contributed by atoms with Crippen LogP contribution in [0.3, 0.4) is 0 Å². The molecule has 29 heavy (non-hydrogen) atoms. The lowest BCUT2D eigenvalue weighted by Crippen LogP contribution is -2.15. The lowest BCUT2D eigenvalue weighted by molar-refractivity contribution is 0.252. The second kappa shape index (κ2) is 11.3. The summed E-state index contributed by atoms with van der Waals surface area (Å²) in [7, 11) is 0. The van der Waals surface area contributed by atoms with Crippen molar-refractivity contribution in [2.75, 3.05) is 6.61 Å². The Morgan fingerprint density at radius 3 is 2.31 bits per heavy atom. The Labute approximate surface area is 175 Å². The molecule has 3 nitrogen and oxygen atoms in total. The van der Waals surface area contributed by atoms with Gasteiger partial charge in [-0.15, -0.1) is 10.2 Å². The molecule has 1 saturated carbocycles. The number of unbranched alkanes of at least 4 members (excludes halogenated alkanes) is 1. The Kier molecular flexibility index (Phi) is 8.45. The standard InChI is InChI=1S/C25H35FN2O/c1-3-5-17-29-25-16-15-24(27-28-25)22-14-13-21(23(26)18-22)12-11-20-9-7-19(6-4-2)8-10-20/h13-16,18-20H,3-12,17H2,1-2H3/t19-,20-. The molecule has 158 valence electrons. The van der Waals surface area contributed by atoms with Crippen LogP contribution in [0.15, 0.2) is 30.3 Å². The van der Waals surface area contributed by atoms with Crippen LogP contribution in [-0.2, 0) is 6.42 Å². The van der Waals surface area contributed by atoms with Crippen molar-refractivity contribution in [3.8, 4) is 17.1 Å². The number of halogens is 1. The molecule has 2 aromatic rings. The smallest absolute Gasteiger partial charge is 0.233 e. The molecule has 0 radical (unpaired) electrons. The van der Waals surface area contributed by atoms with Crippen LogP contribution in [0.1, 0.15) is 77.2 Å². The first-order chi connectivity index (χ1) is 14.2. The van der Waals surface area contributed by atoms with Crippen molar-refractivity contribution in [3.63, 3.8) is 0 Å². The average molecular weight is 399 g/mol. The highest BCUT2D eigenvalue weighted by molar-refractivity contribution is 5.59. The SMILES string of the molecule is CCCCOc1ccc(-c2ccc(CC[C@H]3CC[C@H](CCC)CC3)c(F)c2)nn1. The summed E-state index contributed by atoms with van der Waals surface area (Å²) in [6.45, 7) is 5.04. The van der Waals surface area contributed by atoms with Crippen molar-refractivity contribution < 1.29 is 9.13 Å². The van der Waals surface area contributed by atoms with E-state index in [4.69, 9.17) is 4.74 Å². The zero-order chi connectivity index (χ0) is 20.5. The van der Waals surface area contributed by atoms with Crippen LogP contribution in [0.4, 0.5) is 4.39 Å². The minimum absolute atomic E-state index is 0.132. The summed E-state index contributed by atoms with van der Waals surface area (Å²) >= 11 is 0. The van der Waals surface area contributed by atoms with Gasteiger partial charge in [-0.2, -0.15) is 0 Å². The molecule has 0 spiro atoms. The quantitative estimate of drug-likeness (QED) is 0.404. The van der Waals surface area contributed by atoms with Gasteiger partial charge in [0.2, 0.25) is 5.88 Å². The summed E-state index contributed by atoms with van der Waals surface area (Å²) in [6.07, 6.45) is 12.0. The van der Waals surface area contributed by atoms with Crippen LogP contribution in [0.25, 0.3) is 11.3 Å². The van der Waals surface area contributed by atoms with E-state index in [2.05, 4.69) is 24.0 Å². The maximum absolute atomic E-state index is 14.7. The summed E-state index contributed by atoms with van der Waals surface area (Å²) in [5.41, 5.74) is 2.25. The van der Waals surface area contributed by atoms with Crippen molar-refractivity contribution in [3.05, 3.63) is 41.7 Å². The van der Waals surface area contributed by atoms with Gasteiger partial charge in [-0.25, -0.2) is 4.39 Å². The van der Waals surface area contributed by atoms with E-state index >= 15 is 0 Å². The van der Waals surface area contributed by atoms with Crippen molar-refractivity contribution in [2.24, 2.45) is 11.8 Å². The molecule has 3 rings (SSSR count). The van der Waals surface area contributed by atoms with E-state index in [0.29, 0.717) is 18.2 Å². The van der Waals surface area contributed by atoms with Crippen LogP contribution in [0.5, 0.6) is 5.88 Å². The Hall–Kier alpha value is -1.97. The number of rotatable bonds is 10.